The van der Waals surface area contributed by atoms with E-state index in [0.29, 0.717) is 59.8 Å². The van der Waals surface area contributed by atoms with Gasteiger partial charge in [0.25, 0.3) is 0 Å². The van der Waals surface area contributed by atoms with Crippen LogP contribution in [0.4, 0.5) is 21.5 Å². The Balaban J connectivity index is 1.72. The Bertz CT molecular complexity index is 1550. The fourth-order valence-electron chi connectivity index (χ4n) is 4.64. The number of sulfonamides is 1. The summed E-state index contributed by atoms with van der Waals surface area (Å²) in [6, 6.07) is 18.5. The maximum Gasteiger partial charge on any atom is 0.238 e. The molecule has 3 aromatic carbocycles. The largest absolute Gasteiger partial charge is 0.359 e. The minimum absolute atomic E-state index is 0.0533. The first-order valence-electron chi connectivity index (χ1n) is 13.2. The van der Waals surface area contributed by atoms with E-state index >= 15 is 0 Å². The molecule has 41 heavy (non-hydrogen) atoms. The molecule has 0 saturated carbocycles. The number of nitrogens with one attached hydrogen (secondary N) is 2. The number of fused-ring (bicyclic) bond motifs is 1. The van der Waals surface area contributed by atoms with Crippen molar-refractivity contribution < 1.29 is 22.4 Å². The highest BCUT2D eigenvalue weighted by Crippen LogP contribution is 2.37. The third-order valence-corrected chi connectivity index (χ3v) is 8.02. The van der Waals surface area contributed by atoms with Crippen LogP contribution in [0.2, 0.25) is 0 Å². The highest BCUT2D eigenvalue weighted by molar-refractivity contribution is 7.92. The number of carbonyl (C=O) groups is 2. The first-order chi connectivity index (χ1) is 19.5. The lowest BCUT2D eigenvalue weighted by Crippen LogP contribution is -2.35. The van der Waals surface area contributed by atoms with E-state index in [1.54, 1.807) is 37.4 Å². The molecule has 9 nitrogen and oxygen atoms in total. The van der Waals surface area contributed by atoms with Crippen molar-refractivity contribution in [1.29, 1.82) is 0 Å². The molecular formula is C30H34FN5O4S. The maximum atomic E-state index is 13.9. The van der Waals surface area contributed by atoms with Crippen LogP contribution in [0.3, 0.4) is 0 Å². The van der Waals surface area contributed by atoms with Gasteiger partial charge in [0.1, 0.15) is 11.7 Å². The molecular weight excluding hydrogens is 545 g/mol. The molecule has 1 atom stereocenters. The van der Waals surface area contributed by atoms with E-state index in [9.17, 15) is 22.4 Å². The summed E-state index contributed by atoms with van der Waals surface area (Å²) in [6.45, 7) is 0.842. The Hall–Kier alpha value is -4.09. The first kappa shape index (κ1) is 29.9. The third-order valence-electron chi connectivity index (χ3n) is 6.83. The van der Waals surface area contributed by atoms with Gasteiger partial charge in [-0.15, -0.1) is 0 Å². The molecule has 11 heteroatoms. The zero-order chi connectivity index (χ0) is 29.7. The number of hydrogen-bond donors (Lipinski definition) is 2. The van der Waals surface area contributed by atoms with Crippen molar-refractivity contribution in [2.45, 2.75) is 18.8 Å². The molecule has 0 radical (unpaired) electrons. The van der Waals surface area contributed by atoms with E-state index < -0.39 is 21.8 Å². The summed E-state index contributed by atoms with van der Waals surface area (Å²) in [5, 5.41) is 5.37. The van der Waals surface area contributed by atoms with Crippen molar-refractivity contribution in [3.8, 4) is 0 Å². The number of hydrogen-bond acceptors (Lipinski definition) is 6. The Kier molecular flexibility index (Phi) is 9.19. The van der Waals surface area contributed by atoms with Crippen LogP contribution in [0.25, 0.3) is 0 Å². The Morgan fingerprint density at radius 3 is 2.32 bits per heavy atom. The SMILES string of the molecule is CNC(=O)CCc1ccc(C(=Nc2ccc(N(CCN(C)C)S(C)(=O)=O)cc2)C2C(=O)Nc3cc(F)ccc32)cc1. The number of carbonyl (C=O) groups excluding carboxylic acids is 2. The monoisotopic (exact) mass is 579 g/mol. The summed E-state index contributed by atoms with van der Waals surface area (Å²) < 4.78 is 40.2. The van der Waals surface area contributed by atoms with Gasteiger partial charge in [0, 0.05) is 32.2 Å². The second kappa shape index (κ2) is 12.6. The van der Waals surface area contributed by atoms with Gasteiger partial charge in [0.05, 0.1) is 23.3 Å². The Morgan fingerprint density at radius 2 is 1.71 bits per heavy atom. The van der Waals surface area contributed by atoms with Crippen LogP contribution in [-0.2, 0) is 26.0 Å². The maximum absolute atomic E-state index is 13.9. The Labute approximate surface area is 240 Å². The molecule has 0 spiro atoms. The summed E-state index contributed by atoms with van der Waals surface area (Å²) in [5.41, 5.74) is 4.16. The minimum Gasteiger partial charge on any atom is -0.359 e. The van der Waals surface area contributed by atoms with E-state index in [1.165, 1.54) is 22.7 Å². The average molecular weight is 580 g/mol. The van der Waals surface area contributed by atoms with Gasteiger partial charge >= 0.3 is 0 Å². The lowest BCUT2D eigenvalue weighted by Gasteiger charge is -2.24. The van der Waals surface area contributed by atoms with Gasteiger partial charge in [-0.3, -0.25) is 18.9 Å². The van der Waals surface area contributed by atoms with Gasteiger partial charge < -0.3 is 15.5 Å². The summed E-state index contributed by atoms with van der Waals surface area (Å²) in [7, 11) is 1.84. The topological polar surface area (TPSA) is 111 Å². The van der Waals surface area contributed by atoms with Gasteiger partial charge in [-0.1, -0.05) is 30.3 Å². The average Bonchev–Trinajstić information content (AvgIpc) is 3.25. The molecule has 1 heterocycles. The first-order valence-corrected chi connectivity index (χ1v) is 15.0. The van der Waals surface area contributed by atoms with Gasteiger partial charge in [-0.2, -0.15) is 0 Å². The molecule has 216 valence electrons. The highest BCUT2D eigenvalue weighted by Gasteiger charge is 2.35. The third kappa shape index (κ3) is 7.36. The van der Waals surface area contributed by atoms with Gasteiger partial charge in [0.15, 0.2) is 0 Å². The zero-order valence-corrected chi connectivity index (χ0v) is 24.3. The van der Waals surface area contributed by atoms with Crippen molar-refractivity contribution in [3.63, 3.8) is 0 Å². The second-order valence-corrected chi connectivity index (χ2v) is 12.1. The number of likely N-dealkylation sites (N-methyl/N-ethyl adjacent to an activating group) is 1. The van der Waals surface area contributed by atoms with E-state index in [0.717, 1.165) is 5.56 Å². The number of benzene rings is 3. The molecule has 0 saturated heterocycles. The number of nitrogens with zero attached hydrogens (tertiary/aromatic N) is 3. The predicted molar refractivity (Wildman–Crippen MR) is 160 cm³/mol. The molecule has 2 N–H and O–H groups in total. The van der Waals surface area contributed by atoms with E-state index in [1.807, 2.05) is 43.3 Å². The lowest BCUT2D eigenvalue weighted by atomic mass is 9.90. The zero-order valence-electron chi connectivity index (χ0n) is 23.5. The molecule has 1 unspecified atom stereocenters. The minimum atomic E-state index is -3.50. The fourth-order valence-corrected chi connectivity index (χ4v) is 5.55. The van der Waals surface area contributed by atoms with Crippen LogP contribution in [-0.4, -0.2) is 71.3 Å². The second-order valence-electron chi connectivity index (χ2n) is 10.2. The van der Waals surface area contributed by atoms with Gasteiger partial charge in [0.2, 0.25) is 21.8 Å². The van der Waals surface area contributed by atoms with Crippen molar-refractivity contribution in [1.82, 2.24) is 10.2 Å². The molecule has 0 fully saturated rings. The predicted octanol–water partition coefficient (Wildman–Crippen LogP) is 3.69. The van der Waals surface area contributed by atoms with E-state index in [-0.39, 0.29) is 11.8 Å². The molecule has 0 aliphatic carbocycles. The van der Waals surface area contributed by atoms with Gasteiger partial charge in [-0.05, 0) is 73.6 Å². The smallest absolute Gasteiger partial charge is 0.238 e. The van der Waals surface area contributed by atoms with Crippen molar-refractivity contribution >= 4 is 44.6 Å². The number of aliphatic imine (C=N–C) groups is 1. The van der Waals surface area contributed by atoms with Crippen LogP contribution in [0.15, 0.2) is 71.7 Å². The molecule has 0 aromatic heterocycles. The number of amides is 2. The summed E-state index contributed by atoms with van der Waals surface area (Å²) in [5.74, 6) is -1.61. The van der Waals surface area contributed by atoms with Crippen LogP contribution in [0.1, 0.15) is 29.0 Å². The van der Waals surface area contributed by atoms with Crippen molar-refractivity contribution in [2.24, 2.45) is 4.99 Å². The molecule has 3 aromatic rings. The molecule has 2 amide bonds. The van der Waals surface area contributed by atoms with Crippen LogP contribution in [0.5, 0.6) is 0 Å². The summed E-state index contributed by atoms with van der Waals surface area (Å²) in [4.78, 5) is 31.6. The normalized spacial score (nSPS) is 15.0. The number of halogens is 1. The van der Waals surface area contributed by atoms with Crippen LogP contribution < -0.4 is 14.9 Å². The number of anilines is 2. The molecule has 1 aliphatic rings. The quantitative estimate of drug-likeness (QED) is 0.337. The van der Waals surface area contributed by atoms with Gasteiger partial charge in [-0.25, -0.2) is 12.8 Å². The lowest BCUT2D eigenvalue weighted by molar-refractivity contribution is -0.120. The fraction of sp³-hybridized carbons (Fsp3) is 0.300. The van der Waals surface area contributed by atoms with Crippen LogP contribution >= 0.6 is 0 Å². The number of aryl methyl sites for hydroxylation is 1. The number of rotatable bonds is 11. The van der Waals surface area contributed by atoms with Crippen molar-refractivity contribution in [3.05, 3.63) is 89.2 Å². The Morgan fingerprint density at radius 1 is 1.02 bits per heavy atom. The molecule has 0 bridgehead atoms. The van der Waals surface area contributed by atoms with E-state index in [2.05, 4.69) is 10.6 Å². The van der Waals surface area contributed by atoms with Crippen molar-refractivity contribution in [2.75, 3.05) is 50.1 Å². The standard InChI is InChI=1S/C30H34FN5O4S/c1-32-27(37)16-7-20-5-8-21(9-6-20)29(28-25-15-10-22(31)19-26(25)34-30(28)38)33-23-11-13-24(14-12-23)36(41(4,39)40)18-17-35(2)3/h5-6,8-15,19,28H,7,16-18H2,1-4H3,(H,32,37)(H,34,38). The molecule has 4 rings (SSSR count). The highest BCUT2D eigenvalue weighted by atomic mass is 32.2. The van der Waals surface area contributed by atoms with E-state index in [4.69, 9.17) is 4.99 Å². The molecule has 1 aliphatic heterocycles. The summed E-state index contributed by atoms with van der Waals surface area (Å²) in [6.07, 6.45) is 2.08. The van der Waals surface area contributed by atoms with Crippen LogP contribution in [0, 0.1) is 5.82 Å². The summed E-state index contributed by atoms with van der Waals surface area (Å²) >= 11 is 0.